The number of rotatable bonds is 6. The van der Waals surface area contributed by atoms with E-state index in [1.54, 1.807) is 6.07 Å². The normalized spacial score (nSPS) is 12.5. The fourth-order valence-corrected chi connectivity index (χ4v) is 3.76. The first-order valence-electron chi connectivity index (χ1n) is 10.6. The van der Waals surface area contributed by atoms with Crippen LogP contribution in [0.2, 0.25) is 0 Å². The van der Waals surface area contributed by atoms with E-state index in [9.17, 15) is 4.79 Å². The summed E-state index contributed by atoms with van der Waals surface area (Å²) in [6.45, 7) is 5.18. The van der Waals surface area contributed by atoms with Gasteiger partial charge in [0, 0.05) is 18.0 Å². The molecule has 4 aromatic rings. The second-order valence-electron chi connectivity index (χ2n) is 7.46. The Balaban J connectivity index is 1.62. The zero-order valence-corrected chi connectivity index (χ0v) is 17.9. The fourth-order valence-electron chi connectivity index (χ4n) is 3.76. The molecule has 0 saturated heterocycles. The highest BCUT2D eigenvalue weighted by atomic mass is 16.5. The molecule has 0 bridgehead atoms. The molecule has 0 fully saturated rings. The standard InChI is InChI=1S/C26H22N4O3/c1-2-23(31)33-22-14-8-11-19-24(22)28-26(29-25(19)27-17-18-9-4-3-5-10-18)30-15-16-32-21-13-7-6-12-20(21)30/h2-14H,1,15-17H2,(H,27,28,29). The molecule has 0 atom stereocenters. The first kappa shape index (κ1) is 20.5. The van der Waals surface area contributed by atoms with Gasteiger partial charge in [-0.3, -0.25) is 0 Å². The molecular formula is C26H22N4O3. The molecule has 3 aromatic carbocycles. The highest BCUT2D eigenvalue weighted by Crippen LogP contribution is 2.37. The van der Waals surface area contributed by atoms with Crippen molar-refractivity contribution >= 4 is 34.3 Å². The molecule has 1 aliphatic heterocycles. The minimum absolute atomic E-state index is 0.352. The van der Waals surface area contributed by atoms with Crippen LogP contribution in [0.15, 0.2) is 85.5 Å². The zero-order chi connectivity index (χ0) is 22.6. The minimum Gasteiger partial charge on any atom is -0.490 e. The lowest BCUT2D eigenvalue weighted by molar-refractivity contribution is -0.128. The van der Waals surface area contributed by atoms with Crippen molar-refractivity contribution in [2.75, 3.05) is 23.4 Å². The number of para-hydroxylation sites is 3. The Kier molecular flexibility index (Phi) is 5.59. The van der Waals surface area contributed by atoms with Crippen LogP contribution >= 0.6 is 0 Å². The second-order valence-corrected chi connectivity index (χ2v) is 7.46. The molecule has 0 spiro atoms. The van der Waals surface area contributed by atoms with Gasteiger partial charge in [0.15, 0.2) is 5.75 Å². The smallest absolute Gasteiger partial charge is 0.335 e. The molecule has 1 N–H and O–H groups in total. The van der Waals surface area contributed by atoms with Crippen molar-refractivity contribution in [2.24, 2.45) is 0 Å². The quantitative estimate of drug-likeness (QED) is 0.262. The molecule has 0 radical (unpaired) electrons. The van der Waals surface area contributed by atoms with Gasteiger partial charge in [-0.05, 0) is 29.8 Å². The van der Waals surface area contributed by atoms with Crippen molar-refractivity contribution in [1.82, 2.24) is 9.97 Å². The third-order valence-corrected chi connectivity index (χ3v) is 5.33. The van der Waals surface area contributed by atoms with Crippen molar-refractivity contribution in [3.63, 3.8) is 0 Å². The highest BCUT2D eigenvalue weighted by Gasteiger charge is 2.23. The summed E-state index contributed by atoms with van der Waals surface area (Å²) in [5, 5.41) is 4.19. The molecule has 5 rings (SSSR count). The Bertz CT molecular complexity index is 1320. The molecule has 1 aromatic heterocycles. The largest absolute Gasteiger partial charge is 0.490 e. The molecule has 164 valence electrons. The van der Waals surface area contributed by atoms with Crippen molar-refractivity contribution in [1.29, 1.82) is 0 Å². The van der Waals surface area contributed by atoms with E-state index < -0.39 is 5.97 Å². The third-order valence-electron chi connectivity index (χ3n) is 5.33. The topological polar surface area (TPSA) is 76.6 Å². The highest BCUT2D eigenvalue weighted by molar-refractivity contribution is 5.96. The van der Waals surface area contributed by atoms with E-state index in [2.05, 4.69) is 11.9 Å². The number of esters is 1. The SMILES string of the molecule is C=CC(=O)Oc1cccc2c(NCc3ccccc3)nc(N3CCOc4ccccc43)nc12. The lowest BCUT2D eigenvalue weighted by Crippen LogP contribution is -2.30. The molecule has 0 amide bonds. The Labute approximate surface area is 191 Å². The van der Waals surface area contributed by atoms with Crippen molar-refractivity contribution < 1.29 is 14.3 Å². The summed E-state index contributed by atoms with van der Waals surface area (Å²) in [5.41, 5.74) is 2.55. The number of hydrogen-bond acceptors (Lipinski definition) is 7. The summed E-state index contributed by atoms with van der Waals surface area (Å²) in [6.07, 6.45) is 1.13. The van der Waals surface area contributed by atoms with E-state index in [-0.39, 0.29) is 0 Å². The Hall–Kier alpha value is -4.39. The number of carbonyl (C=O) groups is 1. The van der Waals surface area contributed by atoms with Crippen LogP contribution in [0.5, 0.6) is 11.5 Å². The van der Waals surface area contributed by atoms with Crippen LogP contribution in [0, 0.1) is 0 Å². The number of ether oxygens (including phenoxy) is 2. The first-order valence-corrected chi connectivity index (χ1v) is 10.6. The predicted octanol–water partition coefficient (Wildman–Crippen LogP) is 4.86. The van der Waals surface area contributed by atoms with E-state index >= 15 is 0 Å². The lowest BCUT2D eigenvalue weighted by Gasteiger charge is -2.30. The molecule has 7 nitrogen and oxygen atoms in total. The van der Waals surface area contributed by atoms with Crippen LogP contribution in [0.4, 0.5) is 17.5 Å². The molecular weight excluding hydrogens is 416 g/mol. The lowest BCUT2D eigenvalue weighted by atomic mass is 10.2. The average Bonchev–Trinajstić information content (AvgIpc) is 2.87. The number of carbonyl (C=O) groups excluding carboxylic acids is 1. The fraction of sp³-hybridized carbons (Fsp3) is 0.115. The van der Waals surface area contributed by atoms with Gasteiger partial charge in [0.2, 0.25) is 5.95 Å². The number of aromatic nitrogens is 2. The van der Waals surface area contributed by atoms with Gasteiger partial charge in [-0.2, -0.15) is 4.98 Å². The van der Waals surface area contributed by atoms with Crippen LogP contribution in [-0.2, 0) is 11.3 Å². The maximum Gasteiger partial charge on any atom is 0.335 e. The summed E-state index contributed by atoms with van der Waals surface area (Å²) in [6, 6.07) is 23.3. The van der Waals surface area contributed by atoms with E-state index in [1.807, 2.05) is 71.6 Å². The summed E-state index contributed by atoms with van der Waals surface area (Å²) >= 11 is 0. The number of fused-ring (bicyclic) bond motifs is 2. The van der Waals surface area contributed by atoms with Crippen LogP contribution in [0.3, 0.4) is 0 Å². The van der Waals surface area contributed by atoms with Crippen molar-refractivity contribution in [3.05, 3.63) is 91.0 Å². The van der Waals surface area contributed by atoms with Crippen LogP contribution < -0.4 is 19.7 Å². The van der Waals surface area contributed by atoms with E-state index in [1.165, 1.54) is 0 Å². The number of benzene rings is 3. The third kappa shape index (κ3) is 4.21. The number of anilines is 3. The van der Waals surface area contributed by atoms with Crippen LogP contribution in [0.25, 0.3) is 10.9 Å². The molecule has 1 aliphatic rings. The van der Waals surface area contributed by atoms with Gasteiger partial charge in [-0.15, -0.1) is 0 Å². The van der Waals surface area contributed by atoms with E-state index in [0.29, 0.717) is 42.7 Å². The molecule has 0 unspecified atom stereocenters. The zero-order valence-electron chi connectivity index (χ0n) is 17.9. The first-order chi connectivity index (χ1) is 16.2. The van der Waals surface area contributed by atoms with E-state index in [0.717, 1.165) is 28.5 Å². The second kappa shape index (κ2) is 9.00. The Morgan fingerprint density at radius 2 is 1.88 bits per heavy atom. The minimum atomic E-state index is -0.543. The van der Waals surface area contributed by atoms with E-state index in [4.69, 9.17) is 19.4 Å². The van der Waals surface area contributed by atoms with Gasteiger partial charge < -0.3 is 19.7 Å². The maximum absolute atomic E-state index is 11.9. The summed E-state index contributed by atoms with van der Waals surface area (Å²) < 4.78 is 11.3. The number of nitrogens with zero attached hydrogens (tertiary/aromatic N) is 3. The van der Waals surface area contributed by atoms with Gasteiger partial charge in [0.05, 0.1) is 12.2 Å². The summed E-state index contributed by atoms with van der Waals surface area (Å²) in [5.74, 6) is 1.73. The molecule has 0 aliphatic carbocycles. The Morgan fingerprint density at radius 1 is 1.06 bits per heavy atom. The number of hydrogen-bond donors (Lipinski definition) is 1. The van der Waals surface area contributed by atoms with Gasteiger partial charge >= 0.3 is 5.97 Å². The average molecular weight is 438 g/mol. The van der Waals surface area contributed by atoms with Crippen LogP contribution in [-0.4, -0.2) is 29.1 Å². The Morgan fingerprint density at radius 3 is 2.73 bits per heavy atom. The van der Waals surface area contributed by atoms with Crippen molar-refractivity contribution in [2.45, 2.75) is 6.54 Å². The molecule has 33 heavy (non-hydrogen) atoms. The molecule has 2 heterocycles. The molecule has 0 saturated carbocycles. The monoisotopic (exact) mass is 438 g/mol. The van der Waals surface area contributed by atoms with Gasteiger partial charge in [-0.1, -0.05) is 55.1 Å². The molecule has 7 heteroatoms. The summed E-state index contributed by atoms with van der Waals surface area (Å²) in [4.78, 5) is 23.6. The summed E-state index contributed by atoms with van der Waals surface area (Å²) in [7, 11) is 0. The van der Waals surface area contributed by atoms with Crippen LogP contribution in [0.1, 0.15) is 5.56 Å². The van der Waals surface area contributed by atoms with Gasteiger partial charge in [0.25, 0.3) is 0 Å². The predicted molar refractivity (Wildman–Crippen MR) is 128 cm³/mol. The van der Waals surface area contributed by atoms with Gasteiger partial charge in [-0.25, -0.2) is 9.78 Å². The maximum atomic E-state index is 11.9. The van der Waals surface area contributed by atoms with Crippen molar-refractivity contribution in [3.8, 4) is 11.5 Å². The van der Waals surface area contributed by atoms with Gasteiger partial charge in [0.1, 0.15) is 23.7 Å². The number of nitrogens with one attached hydrogen (secondary N) is 1.